The highest BCUT2D eigenvalue weighted by Crippen LogP contribution is 2.27. The van der Waals surface area contributed by atoms with Gasteiger partial charge in [0.2, 0.25) is 5.91 Å². The Labute approximate surface area is 152 Å². The van der Waals surface area contributed by atoms with Crippen LogP contribution >= 0.6 is 0 Å². The highest BCUT2D eigenvalue weighted by atomic mass is 16.4. The average Bonchev–Trinajstić information content (AvgIpc) is 3.00. The summed E-state index contributed by atoms with van der Waals surface area (Å²) in [6.45, 7) is 2.94. The third kappa shape index (κ3) is 3.56. The van der Waals surface area contributed by atoms with Gasteiger partial charge in [-0.2, -0.15) is 0 Å². The fourth-order valence-corrected chi connectivity index (χ4v) is 3.31. The lowest BCUT2D eigenvalue weighted by Gasteiger charge is -2.37. The van der Waals surface area contributed by atoms with Crippen molar-refractivity contribution < 1.29 is 19.5 Å². The molecule has 2 atom stereocenters. The summed E-state index contributed by atoms with van der Waals surface area (Å²) in [5.74, 6) is -0.424. The van der Waals surface area contributed by atoms with E-state index in [0.29, 0.717) is 25.9 Å². The van der Waals surface area contributed by atoms with Gasteiger partial charge in [-0.3, -0.25) is 14.5 Å². The van der Waals surface area contributed by atoms with Gasteiger partial charge in [0.1, 0.15) is 6.04 Å². The van der Waals surface area contributed by atoms with Crippen LogP contribution < -0.4 is 10.2 Å². The van der Waals surface area contributed by atoms with Crippen molar-refractivity contribution in [2.45, 2.75) is 38.3 Å². The molecular weight excluding hydrogens is 334 g/mol. The second-order valence-corrected chi connectivity index (χ2v) is 6.53. The van der Waals surface area contributed by atoms with Crippen LogP contribution in [0.15, 0.2) is 36.4 Å². The molecule has 26 heavy (non-hydrogen) atoms. The zero-order valence-electron chi connectivity index (χ0n) is 14.7. The van der Waals surface area contributed by atoms with E-state index < -0.39 is 12.1 Å². The molecule has 7 nitrogen and oxygen atoms in total. The summed E-state index contributed by atoms with van der Waals surface area (Å²) in [6.07, 6.45) is 4.09. The normalized spacial score (nSPS) is 19.8. The molecule has 2 N–H and O–H groups in total. The van der Waals surface area contributed by atoms with Crippen LogP contribution in [0.2, 0.25) is 0 Å². The number of hydrogen-bond donors (Lipinski definition) is 2. The van der Waals surface area contributed by atoms with Gasteiger partial charge >= 0.3 is 6.09 Å². The summed E-state index contributed by atoms with van der Waals surface area (Å²) in [7, 11) is 0. The quantitative estimate of drug-likeness (QED) is 0.786. The second-order valence-electron chi connectivity index (χ2n) is 6.53. The smallest absolute Gasteiger partial charge is 0.407 e. The summed E-state index contributed by atoms with van der Waals surface area (Å²) in [5, 5.41) is 11.8. The van der Waals surface area contributed by atoms with Crippen LogP contribution in [-0.4, -0.2) is 53.1 Å². The Morgan fingerprint density at radius 1 is 1.31 bits per heavy atom. The summed E-state index contributed by atoms with van der Waals surface area (Å²) >= 11 is 0. The van der Waals surface area contributed by atoms with Gasteiger partial charge in [-0.1, -0.05) is 31.2 Å². The number of carboxylic acid groups (broad SMARTS) is 1. The fourth-order valence-electron chi connectivity index (χ4n) is 3.31. The van der Waals surface area contributed by atoms with Crippen LogP contribution in [0.5, 0.6) is 0 Å². The summed E-state index contributed by atoms with van der Waals surface area (Å²) < 4.78 is 0. The molecule has 0 unspecified atom stereocenters. The molecule has 0 aromatic heterocycles. The van der Waals surface area contributed by atoms with Crippen molar-refractivity contribution in [1.82, 2.24) is 10.2 Å². The lowest BCUT2D eigenvalue weighted by atomic mass is 10.0. The number of carbonyl (C=O) groups is 3. The maximum absolute atomic E-state index is 12.5. The van der Waals surface area contributed by atoms with Crippen LogP contribution in [0.3, 0.4) is 0 Å². The number of fused-ring (bicyclic) bond motifs is 1. The molecular formula is C19H23N3O4. The van der Waals surface area contributed by atoms with Crippen LogP contribution in [0.1, 0.15) is 25.3 Å². The number of likely N-dealkylation sites (tertiary alicyclic amines) is 1. The van der Waals surface area contributed by atoms with Gasteiger partial charge in [-0.05, 0) is 30.9 Å². The predicted molar refractivity (Wildman–Crippen MR) is 97.0 cm³/mol. The Morgan fingerprint density at radius 3 is 2.73 bits per heavy atom. The van der Waals surface area contributed by atoms with Crippen LogP contribution in [0, 0.1) is 0 Å². The fraction of sp³-hybridized carbons (Fsp3) is 0.421. The first-order valence-corrected chi connectivity index (χ1v) is 8.88. The Morgan fingerprint density at radius 2 is 2.08 bits per heavy atom. The zero-order chi connectivity index (χ0) is 18.7. The Hall–Kier alpha value is -2.83. The number of benzene rings is 1. The SMILES string of the molecule is CC[C@@H](/C=C/C(=O)N1CCc2ccccc21)NC(=O)[C@@H]1CCN1C(=O)O. The van der Waals surface area contributed by atoms with Crippen molar-refractivity contribution in [1.29, 1.82) is 0 Å². The summed E-state index contributed by atoms with van der Waals surface area (Å²) in [6, 6.07) is 6.90. The van der Waals surface area contributed by atoms with Gasteiger partial charge < -0.3 is 15.3 Å². The Balaban J connectivity index is 1.59. The van der Waals surface area contributed by atoms with Crippen molar-refractivity contribution in [2.24, 2.45) is 0 Å². The van der Waals surface area contributed by atoms with Crippen molar-refractivity contribution >= 4 is 23.6 Å². The molecule has 1 aromatic carbocycles. The van der Waals surface area contributed by atoms with Gasteiger partial charge in [-0.15, -0.1) is 0 Å². The molecule has 1 saturated heterocycles. The van der Waals surface area contributed by atoms with Crippen molar-refractivity contribution in [2.75, 3.05) is 18.0 Å². The molecule has 0 radical (unpaired) electrons. The third-order valence-corrected chi connectivity index (χ3v) is 4.96. The highest BCUT2D eigenvalue weighted by molar-refractivity contribution is 6.03. The number of hydrogen-bond acceptors (Lipinski definition) is 3. The minimum Gasteiger partial charge on any atom is -0.465 e. The first-order valence-electron chi connectivity index (χ1n) is 8.88. The van der Waals surface area contributed by atoms with E-state index in [2.05, 4.69) is 5.32 Å². The number of rotatable bonds is 5. The third-order valence-electron chi connectivity index (χ3n) is 4.96. The molecule has 1 aromatic rings. The molecule has 3 amide bonds. The van der Waals surface area contributed by atoms with E-state index in [1.807, 2.05) is 31.2 Å². The standard InChI is InChI=1S/C19H23N3O4/c1-2-14(20-18(24)16-10-12-22(16)19(25)26)7-8-17(23)21-11-9-13-5-3-4-6-15(13)21/h3-8,14,16H,2,9-12H2,1H3,(H,20,24)(H,25,26)/b8-7+/t14-,16-/m0/s1. The predicted octanol–water partition coefficient (Wildman–Crippen LogP) is 1.78. The van der Waals surface area contributed by atoms with E-state index >= 15 is 0 Å². The molecule has 0 aliphatic carbocycles. The van der Waals surface area contributed by atoms with Crippen molar-refractivity contribution in [3.05, 3.63) is 42.0 Å². The van der Waals surface area contributed by atoms with E-state index in [-0.39, 0.29) is 17.9 Å². The molecule has 0 bridgehead atoms. The summed E-state index contributed by atoms with van der Waals surface area (Å²) in [5.41, 5.74) is 2.10. The van der Waals surface area contributed by atoms with Gasteiger partial charge in [-0.25, -0.2) is 4.79 Å². The van der Waals surface area contributed by atoms with E-state index in [9.17, 15) is 14.4 Å². The molecule has 2 heterocycles. The molecule has 1 fully saturated rings. The monoisotopic (exact) mass is 357 g/mol. The number of para-hydroxylation sites is 1. The minimum atomic E-state index is -1.08. The first kappa shape index (κ1) is 18.0. The van der Waals surface area contributed by atoms with E-state index in [4.69, 9.17) is 5.11 Å². The van der Waals surface area contributed by atoms with Crippen LogP contribution in [-0.2, 0) is 16.0 Å². The van der Waals surface area contributed by atoms with Crippen molar-refractivity contribution in [3.63, 3.8) is 0 Å². The molecule has 7 heteroatoms. The molecule has 138 valence electrons. The molecule has 0 spiro atoms. The second kappa shape index (κ2) is 7.59. The van der Waals surface area contributed by atoms with E-state index in [0.717, 1.165) is 22.6 Å². The molecule has 0 saturated carbocycles. The van der Waals surface area contributed by atoms with E-state index in [1.54, 1.807) is 11.0 Å². The largest absolute Gasteiger partial charge is 0.465 e. The van der Waals surface area contributed by atoms with Crippen molar-refractivity contribution in [3.8, 4) is 0 Å². The molecule has 3 rings (SSSR count). The van der Waals surface area contributed by atoms with Gasteiger partial charge in [0.25, 0.3) is 5.91 Å². The lowest BCUT2D eigenvalue weighted by Crippen LogP contribution is -2.59. The van der Waals surface area contributed by atoms with Gasteiger partial charge in [0.05, 0.1) is 0 Å². The Bertz CT molecular complexity index is 746. The van der Waals surface area contributed by atoms with E-state index in [1.165, 1.54) is 6.08 Å². The Kier molecular flexibility index (Phi) is 5.25. The van der Waals surface area contributed by atoms with Gasteiger partial charge in [0, 0.05) is 30.9 Å². The van der Waals surface area contributed by atoms with Crippen LogP contribution in [0.4, 0.5) is 10.5 Å². The number of nitrogens with zero attached hydrogens (tertiary/aromatic N) is 2. The number of carbonyl (C=O) groups excluding carboxylic acids is 2. The summed E-state index contributed by atoms with van der Waals surface area (Å²) in [4.78, 5) is 38.6. The maximum Gasteiger partial charge on any atom is 0.407 e. The highest BCUT2D eigenvalue weighted by Gasteiger charge is 2.37. The molecule has 2 aliphatic heterocycles. The van der Waals surface area contributed by atoms with Gasteiger partial charge in [0.15, 0.2) is 0 Å². The van der Waals surface area contributed by atoms with Crippen LogP contribution in [0.25, 0.3) is 0 Å². The number of anilines is 1. The maximum atomic E-state index is 12.5. The number of amides is 3. The first-order chi connectivity index (χ1) is 12.5. The topological polar surface area (TPSA) is 90.0 Å². The zero-order valence-corrected chi connectivity index (χ0v) is 14.7. The average molecular weight is 357 g/mol. The number of nitrogens with one attached hydrogen (secondary N) is 1. The lowest BCUT2D eigenvalue weighted by molar-refractivity contribution is -0.130. The minimum absolute atomic E-state index is 0.113. The molecule has 2 aliphatic rings.